The zero-order valence-electron chi connectivity index (χ0n) is 14.1. The van der Waals surface area contributed by atoms with Gasteiger partial charge in [-0.1, -0.05) is 12.1 Å². The van der Waals surface area contributed by atoms with Crippen molar-refractivity contribution in [3.63, 3.8) is 0 Å². The van der Waals surface area contributed by atoms with Gasteiger partial charge in [0.25, 0.3) is 5.91 Å². The number of carbonyl (C=O) groups is 1. The zero-order valence-corrected chi connectivity index (χ0v) is 14.9. The van der Waals surface area contributed by atoms with E-state index in [9.17, 15) is 17.6 Å². The summed E-state index contributed by atoms with van der Waals surface area (Å²) in [6.07, 6.45) is 0. The number of halogens is 1. The van der Waals surface area contributed by atoms with Crippen LogP contribution in [0, 0.1) is 5.82 Å². The number of benzene rings is 2. The highest BCUT2D eigenvalue weighted by Gasteiger charge is 2.24. The van der Waals surface area contributed by atoms with Crippen LogP contribution in [0.2, 0.25) is 0 Å². The zero-order chi connectivity index (χ0) is 19.1. The van der Waals surface area contributed by atoms with Gasteiger partial charge in [-0.25, -0.2) is 21.8 Å². The first-order valence-electron chi connectivity index (χ1n) is 7.80. The van der Waals surface area contributed by atoms with Crippen LogP contribution in [0.4, 0.5) is 16.0 Å². The molecular weight excluding hydrogens is 359 g/mol. The van der Waals surface area contributed by atoms with Crippen LogP contribution in [0.3, 0.4) is 0 Å². The summed E-state index contributed by atoms with van der Waals surface area (Å²) in [6, 6.07) is 10.1. The van der Waals surface area contributed by atoms with Crippen molar-refractivity contribution in [1.29, 1.82) is 0 Å². The fraction of sp³-hybridized carbons (Fsp3) is 0.176. The molecule has 0 aliphatic rings. The molecule has 3 N–H and O–H groups in total. The lowest BCUT2D eigenvalue weighted by molar-refractivity contribution is 0.102. The van der Waals surface area contributed by atoms with Crippen LogP contribution >= 0.6 is 0 Å². The number of anilines is 2. The van der Waals surface area contributed by atoms with Gasteiger partial charge in [-0.3, -0.25) is 4.79 Å². The molecule has 0 atom stereocenters. The molecule has 0 aliphatic carbocycles. The Bertz CT molecular complexity index is 1110. The van der Waals surface area contributed by atoms with E-state index in [0.29, 0.717) is 11.2 Å². The highest BCUT2D eigenvalue weighted by Crippen LogP contribution is 2.25. The average molecular weight is 376 g/mol. The van der Waals surface area contributed by atoms with Gasteiger partial charge < -0.3 is 11.1 Å². The van der Waals surface area contributed by atoms with Crippen LogP contribution < -0.4 is 11.1 Å². The molecule has 1 heterocycles. The number of imidazole rings is 1. The second-order valence-electron chi connectivity index (χ2n) is 5.97. The number of aromatic nitrogens is 2. The van der Waals surface area contributed by atoms with Crippen LogP contribution in [-0.2, 0) is 10.0 Å². The lowest BCUT2D eigenvalue weighted by Crippen LogP contribution is -2.23. The summed E-state index contributed by atoms with van der Waals surface area (Å²) in [6.45, 7) is 3.06. The predicted octanol–water partition coefficient (Wildman–Crippen LogP) is 2.60. The molecule has 1 amide bonds. The van der Waals surface area contributed by atoms with Crippen molar-refractivity contribution in [3.05, 3.63) is 53.8 Å². The van der Waals surface area contributed by atoms with Gasteiger partial charge in [-0.05, 0) is 44.2 Å². The SMILES string of the molecule is CC(C)S(=O)(=O)n1c(N)nc2ccc(NC(=O)c3ccccc3F)cc21. The van der Waals surface area contributed by atoms with Crippen molar-refractivity contribution in [3.8, 4) is 0 Å². The molecule has 7 nitrogen and oxygen atoms in total. The van der Waals surface area contributed by atoms with Crippen LogP contribution in [0.25, 0.3) is 11.0 Å². The van der Waals surface area contributed by atoms with Gasteiger partial charge in [-0.2, -0.15) is 0 Å². The predicted molar refractivity (Wildman–Crippen MR) is 98.0 cm³/mol. The average Bonchev–Trinajstić information content (AvgIpc) is 2.90. The van der Waals surface area contributed by atoms with Crippen LogP contribution in [-0.4, -0.2) is 28.5 Å². The Morgan fingerprint density at radius 2 is 1.92 bits per heavy atom. The largest absolute Gasteiger partial charge is 0.368 e. The maximum absolute atomic E-state index is 13.7. The quantitative estimate of drug-likeness (QED) is 0.728. The van der Waals surface area contributed by atoms with Gasteiger partial charge in [-0.15, -0.1) is 0 Å². The van der Waals surface area contributed by atoms with E-state index in [2.05, 4.69) is 10.3 Å². The number of nitrogens with one attached hydrogen (secondary N) is 1. The van der Waals surface area contributed by atoms with Gasteiger partial charge in [0, 0.05) is 5.69 Å². The Morgan fingerprint density at radius 3 is 2.58 bits per heavy atom. The molecule has 3 rings (SSSR count). The Balaban J connectivity index is 2.05. The third kappa shape index (κ3) is 3.01. The summed E-state index contributed by atoms with van der Waals surface area (Å²) >= 11 is 0. The molecule has 26 heavy (non-hydrogen) atoms. The van der Waals surface area contributed by atoms with Gasteiger partial charge in [0.2, 0.25) is 16.0 Å². The van der Waals surface area contributed by atoms with E-state index in [0.717, 1.165) is 3.97 Å². The summed E-state index contributed by atoms with van der Waals surface area (Å²) in [7, 11) is -3.74. The number of carbonyl (C=O) groups excluding carboxylic acids is 1. The van der Waals surface area contributed by atoms with E-state index in [4.69, 9.17) is 5.73 Å². The molecule has 0 radical (unpaired) electrons. The first-order valence-corrected chi connectivity index (χ1v) is 9.30. The molecule has 0 unspecified atom stereocenters. The number of nitrogens with zero attached hydrogens (tertiary/aromatic N) is 2. The van der Waals surface area contributed by atoms with Gasteiger partial charge in [0.05, 0.1) is 21.8 Å². The van der Waals surface area contributed by atoms with Crippen LogP contribution in [0.5, 0.6) is 0 Å². The molecule has 0 aliphatic heterocycles. The van der Waals surface area contributed by atoms with Crippen molar-refractivity contribution >= 4 is 38.6 Å². The molecule has 2 aromatic carbocycles. The van der Waals surface area contributed by atoms with Crippen molar-refractivity contribution in [2.24, 2.45) is 0 Å². The minimum Gasteiger partial charge on any atom is -0.368 e. The van der Waals surface area contributed by atoms with Crippen LogP contribution in [0.1, 0.15) is 24.2 Å². The third-order valence-electron chi connectivity index (χ3n) is 3.86. The van der Waals surface area contributed by atoms with Crippen molar-refractivity contribution < 1.29 is 17.6 Å². The number of amides is 1. The number of nitrogens with two attached hydrogens (primary N) is 1. The first-order chi connectivity index (χ1) is 12.2. The van der Waals surface area contributed by atoms with Gasteiger partial charge in [0.15, 0.2) is 0 Å². The fourth-order valence-corrected chi connectivity index (χ4v) is 3.62. The fourth-order valence-electron chi connectivity index (χ4n) is 2.47. The number of fused-ring (bicyclic) bond motifs is 1. The minimum atomic E-state index is -3.74. The van der Waals surface area contributed by atoms with Crippen molar-refractivity contribution in [2.75, 3.05) is 11.1 Å². The molecule has 0 spiro atoms. The standard InChI is InChI=1S/C17H17FN4O3S/c1-10(2)26(24,25)22-15-9-11(7-8-14(15)21-17(22)19)20-16(23)12-5-3-4-6-13(12)18/h3-10H,1-2H3,(H2,19,21)(H,20,23). The first kappa shape index (κ1) is 17.9. The Labute approximate surface area is 149 Å². The summed E-state index contributed by atoms with van der Waals surface area (Å²) in [5.74, 6) is -1.46. The van der Waals surface area contributed by atoms with Gasteiger partial charge in [0.1, 0.15) is 5.82 Å². The van der Waals surface area contributed by atoms with Crippen LogP contribution in [0.15, 0.2) is 42.5 Å². The summed E-state index contributed by atoms with van der Waals surface area (Å²) < 4.78 is 39.8. The number of rotatable bonds is 4. The lowest BCUT2D eigenvalue weighted by Gasteiger charge is -2.12. The lowest BCUT2D eigenvalue weighted by atomic mass is 10.2. The normalized spacial score (nSPS) is 11.8. The summed E-state index contributed by atoms with van der Waals surface area (Å²) in [4.78, 5) is 16.3. The highest BCUT2D eigenvalue weighted by molar-refractivity contribution is 7.90. The smallest absolute Gasteiger partial charge is 0.258 e. The topological polar surface area (TPSA) is 107 Å². The maximum Gasteiger partial charge on any atom is 0.258 e. The van der Waals surface area contributed by atoms with E-state index in [1.807, 2.05) is 0 Å². The van der Waals surface area contributed by atoms with Crippen molar-refractivity contribution in [1.82, 2.24) is 8.96 Å². The van der Waals surface area contributed by atoms with E-state index < -0.39 is 27.0 Å². The monoisotopic (exact) mass is 376 g/mol. The third-order valence-corrected chi connectivity index (χ3v) is 5.95. The van der Waals surface area contributed by atoms with Gasteiger partial charge >= 0.3 is 0 Å². The Morgan fingerprint density at radius 1 is 1.23 bits per heavy atom. The summed E-state index contributed by atoms with van der Waals surface area (Å²) in [5, 5.41) is 1.84. The molecule has 0 saturated carbocycles. The van der Waals surface area contributed by atoms with Crippen molar-refractivity contribution in [2.45, 2.75) is 19.1 Å². The minimum absolute atomic E-state index is 0.115. The van der Waals surface area contributed by atoms with E-state index >= 15 is 0 Å². The van der Waals surface area contributed by atoms with E-state index in [1.165, 1.54) is 44.2 Å². The molecule has 9 heteroatoms. The number of hydrogen-bond donors (Lipinski definition) is 2. The maximum atomic E-state index is 13.7. The highest BCUT2D eigenvalue weighted by atomic mass is 32.2. The molecule has 0 saturated heterocycles. The molecular formula is C17H17FN4O3S. The Hall–Kier alpha value is -2.94. The van der Waals surface area contributed by atoms with E-state index in [1.54, 1.807) is 12.1 Å². The van der Waals surface area contributed by atoms with E-state index in [-0.39, 0.29) is 17.0 Å². The Kier molecular flexibility index (Phi) is 4.41. The number of nitrogen functional groups attached to an aromatic ring is 1. The molecule has 0 bridgehead atoms. The number of hydrogen-bond acceptors (Lipinski definition) is 5. The summed E-state index contributed by atoms with van der Waals surface area (Å²) in [5.41, 5.74) is 6.57. The second kappa shape index (κ2) is 6.41. The molecule has 3 aromatic rings. The molecule has 1 aromatic heterocycles. The molecule has 136 valence electrons. The molecule has 0 fully saturated rings. The second-order valence-corrected chi connectivity index (χ2v) is 8.30.